The Kier molecular flexibility index (Phi) is 2.13. The van der Waals surface area contributed by atoms with Gasteiger partial charge in [-0.2, -0.15) is 0 Å². The topological polar surface area (TPSA) is 40.5 Å². The van der Waals surface area contributed by atoms with Crippen molar-refractivity contribution in [3.05, 3.63) is 0 Å². The minimum Gasteiger partial charge on any atom is -0.390 e. The molecule has 5 unspecified atom stereocenters. The second kappa shape index (κ2) is 3.00. The highest BCUT2D eigenvalue weighted by molar-refractivity contribution is 5.00. The van der Waals surface area contributed by atoms with Crippen molar-refractivity contribution in [1.82, 2.24) is 0 Å². The molecule has 2 aliphatic carbocycles. The van der Waals surface area contributed by atoms with E-state index in [1.165, 1.54) is 12.8 Å². The quantitative estimate of drug-likeness (QED) is 0.653. The first-order valence-corrected chi connectivity index (χ1v) is 5.10. The van der Waals surface area contributed by atoms with Crippen LogP contribution in [0.1, 0.15) is 32.6 Å². The summed E-state index contributed by atoms with van der Waals surface area (Å²) in [5, 5.41) is 19.2. The maximum absolute atomic E-state index is 9.63. The molecular formula is C10H18O2. The summed E-state index contributed by atoms with van der Waals surface area (Å²) in [5.74, 6) is 1.50. The molecule has 2 heteroatoms. The SMILES string of the molecule is CCCC1CC2CC1C(O)C2O. The molecule has 0 amide bonds. The molecule has 0 aliphatic heterocycles. The van der Waals surface area contributed by atoms with Gasteiger partial charge in [-0.05, 0) is 30.6 Å². The standard InChI is InChI=1S/C10H18O2/c1-2-3-6-4-7-5-8(6)10(12)9(7)11/h6-12H,2-5H2,1H3. The van der Waals surface area contributed by atoms with Gasteiger partial charge in [0.1, 0.15) is 0 Å². The molecule has 5 atom stereocenters. The summed E-state index contributed by atoms with van der Waals surface area (Å²) >= 11 is 0. The van der Waals surface area contributed by atoms with Crippen molar-refractivity contribution in [2.45, 2.75) is 44.8 Å². The first-order valence-electron chi connectivity index (χ1n) is 5.10. The second-order valence-corrected chi connectivity index (χ2v) is 4.43. The third-order valence-corrected chi connectivity index (χ3v) is 3.72. The Morgan fingerprint density at radius 1 is 1.17 bits per heavy atom. The van der Waals surface area contributed by atoms with Gasteiger partial charge in [0.2, 0.25) is 0 Å². The summed E-state index contributed by atoms with van der Waals surface area (Å²) in [6, 6.07) is 0. The predicted molar refractivity (Wildman–Crippen MR) is 46.6 cm³/mol. The summed E-state index contributed by atoms with van der Waals surface area (Å²) in [4.78, 5) is 0. The lowest BCUT2D eigenvalue weighted by atomic mass is 9.82. The summed E-state index contributed by atoms with van der Waals surface area (Å²) < 4.78 is 0. The summed E-state index contributed by atoms with van der Waals surface area (Å²) in [5.41, 5.74) is 0. The molecule has 0 aromatic rings. The minimum atomic E-state index is -0.416. The van der Waals surface area contributed by atoms with Crippen molar-refractivity contribution in [2.24, 2.45) is 17.8 Å². The average Bonchev–Trinajstić information content (AvgIpc) is 2.55. The van der Waals surface area contributed by atoms with Crippen molar-refractivity contribution in [1.29, 1.82) is 0 Å². The zero-order valence-corrected chi connectivity index (χ0v) is 7.61. The first kappa shape index (κ1) is 8.52. The molecule has 0 saturated heterocycles. The molecule has 2 aliphatic rings. The van der Waals surface area contributed by atoms with Crippen LogP contribution in [0, 0.1) is 17.8 Å². The maximum Gasteiger partial charge on any atom is 0.0832 e. The van der Waals surface area contributed by atoms with Gasteiger partial charge in [0.25, 0.3) is 0 Å². The normalized spacial score (nSPS) is 51.8. The molecule has 2 saturated carbocycles. The average molecular weight is 170 g/mol. The molecular weight excluding hydrogens is 152 g/mol. The lowest BCUT2D eigenvalue weighted by molar-refractivity contribution is -0.0350. The van der Waals surface area contributed by atoms with E-state index in [0.29, 0.717) is 17.8 Å². The van der Waals surface area contributed by atoms with Gasteiger partial charge in [-0.25, -0.2) is 0 Å². The molecule has 2 rings (SSSR count). The molecule has 0 heterocycles. The van der Waals surface area contributed by atoms with Crippen molar-refractivity contribution in [3.8, 4) is 0 Å². The van der Waals surface area contributed by atoms with Gasteiger partial charge in [0.15, 0.2) is 0 Å². The van der Waals surface area contributed by atoms with E-state index in [4.69, 9.17) is 0 Å². The Bertz CT molecular complexity index is 167. The fourth-order valence-corrected chi connectivity index (χ4v) is 3.13. The van der Waals surface area contributed by atoms with Gasteiger partial charge < -0.3 is 10.2 Å². The highest BCUT2D eigenvalue weighted by Gasteiger charge is 2.50. The Balaban J connectivity index is 2.00. The van der Waals surface area contributed by atoms with Crippen LogP contribution in [-0.2, 0) is 0 Å². The van der Waals surface area contributed by atoms with Crippen LogP contribution in [0.2, 0.25) is 0 Å². The van der Waals surface area contributed by atoms with Crippen LogP contribution in [-0.4, -0.2) is 22.4 Å². The Hall–Kier alpha value is -0.0800. The van der Waals surface area contributed by atoms with Crippen LogP contribution < -0.4 is 0 Å². The smallest absolute Gasteiger partial charge is 0.0832 e. The third kappa shape index (κ3) is 1.09. The summed E-state index contributed by atoms with van der Waals surface area (Å²) in [6.07, 6.45) is 3.81. The zero-order chi connectivity index (χ0) is 8.72. The van der Waals surface area contributed by atoms with Gasteiger partial charge in [-0.1, -0.05) is 19.8 Å². The second-order valence-electron chi connectivity index (χ2n) is 4.43. The van der Waals surface area contributed by atoms with Crippen LogP contribution >= 0.6 is 0 Å². The monoisotopic (exact) mass is 170 g/mol. The molecule has 0 radical (unpaired) electrons. The van der Waals surface area contributed by atoms with Crippen molar-refractivity contribution < 1.29 is 10.2 Å². The molecule has 2 N–H and O–H groups in total. The predicted octanol–water partition coefficient (Wildman–Crippen LogP) is 1.16. The first-order chi connectivity index (χ1) is 5.74. The van der Waals surface area contributed by atoms with E-state index < -0.39 is 12.2 Å². The highest BCUT2D eigenvalue weighted by Crippen LogP contribution is 2.50. The fourth-order valence-electron chi connectivity index (χ4n) is 3.13. The van der Waals surface area contributed by atoms with Crippen molar-refractivity contribution >= 4 is 0 Å². The van der Waals surface area contributed by atoms with E-state index in [-0.39, 0.29) is 0 Å². The number of hydrogen-bond acceptors (Lipinski definition) is 2. The molecule has 2 nitrogen and oxygen atoms in total. The maximum atomic E-state index is 9.63. The van der Waals surface area contributed by atoms with Crippen molar-refractivity contribution in [2.75, 3.05) is 0 Å². The van der Waals surface area contributed by atoms with E-state index in [0.717, 1.165) is 12.8 Å². The number of hydrogen-bond donors (Lipinski definition) is 2. The van der Waals surface area contributed by atoms with Gasteiger partial charge >= 0.3 is 0 Å². The van der Waals surface area contributed by atoms with E-state index in [2.05, 4.69) is 6.92 Å². The van der Waals surface area contributed by atoms with E-state index in [1.807, 2.05) is 0 Å². The van der Waals surface area contributed by atoms with E-state index in [9.17, 15) is 10.2 Å². The Labute approximate surface area is 73.6 Å². The largest absolute Gasteiger partial charge is 0.390 e. The van der Waals surface area contributed by atoms with Crippen LogP contribution in [0.3, 0.4) is 0 Å². The van der Waals surface area contributed by atoms with Crippen LogP contribution in [0.4, 0.5) is 0 Å². The van der Waals surface area contributed by atoms with Crippen LogP contribution in [0.25, 0.3) is 0 Å². The lowest BCUT2D eigenvalue weighted by Crippen LogP contribution is -2.36. The lowest BCUT2D eigenvalue weighted by Gasteiger charge is -2.29. The van der Waals surface area contributed by atoms with Gasteiger partial charge in [0.05, 0.1) is 12.2 Å². The molecule has 2 bridgehead atoms. The van der Waals surface area contributed by atoms with Crippen LogP contribution in [0.5, 0.6) is 0 Å². The van der Waals surface area contributed by atoms with Crippen LogP contribution in [0.15, 0.2) is 0 Å². The number of rotatable bonds is 2. The van der Waals surface area contributed by atoms with Gasteiger partial charge in [0, 0.05) is 0 Å². The number of aliphatic hydroxyl groups excluding tert-OH is 2. The highest BCUT2D eigenvalue weighted by atomic mass is 16.3. The Morgan fingerprint density at radius 3 is 2.42 bits per heavy atom. The number of aliphatic hydroxyl groups is 2. The van der Waals surface area contributed by atoms with E-state index in [1.54, 1.807) is 0 Å². The molecule has 12 heavy (non-hydrogen) atoms. The molecule has 0 aromatic heterocycles. The third-order valence-electron chi connectivity index (χ3n) is 3.72. The fraction of sp³-hybridized carbons (Fsp3) is 1.00. The summed E-state index contributed by atoms with van der Waals surface area (Å²) in [6.45, 7) is 2.19. The van der Waals surface area contributed by atoms with Gasteiger partial charge in [-0.3, -0.25) is 0 Å². The molecule has 0 aromatic carbocycles. The Morgan fingerprint density at radius 2 is 1.92 bits per heavy atom. The summed E-state index contributed by atoms with van der Waals surface area (Å²) in [7, 11) is 0. The molecule has 70 valence electrons. The van der Waals surface area contributed by atoms with E-state index >= 15 is 0 Å². The molecule has 0 spiro atoms. The zero-order valence-electron chi connectivity index (χ0n) is 7.61. The molecule has 2 fully saturated rings. The van der Waals surface area contributed by atoms with Gasteiger partial charge in [-0.15, -0.1) is 0 Å². The van der Waals surface area contributed by atoms with Crippen molar-refractivity contribution in [3.63, 3.8) is 0 Å². The number of fused-ring (bicyclic) bond motifs is 2. The minimum absolute atomic E-state index is 0.404.